The van der Waals surface area contributed by atoms with Gasteiger partial charge in [0.1, 0.15) is 5.54 Å². The van der Waals surface area contributed by atoms with Crippen LogP contribution >= 0.6 is 0 Å². The van der Waals surface area contributed by atoms with Crippen LogP contribution in [0.25, 0.3) is 0 Å². The number of carboxylic acid groups (broad SMARTS) is 1. The van der Waals surface area contributed by atoms with Crippen molar-refractivity contribution in [3.05, 3.63) is 0 Å². The molecule has 0 bridgehead atoms. The molecule has 1 atom stereocenters. The third-order valence-corrected chi connectivity index (χ3v) is 3.34. The fraction of sp³-hybridized carbons (Fsp3) is 0.833. The average molecular weight is 243 g/mol. The van der Waals surface area contributed by atoms with Gasteiger partial charge >= 0.3 is 5.97 Å². The van der Waals surface area contributed by atoms with Gasteiger partial charge in [-0.3, -0.25) is 4.79 Å². The van der Waals surface area contributed by atoms with Crippen molar-refractivity contribution < 1.29 is 19.4 Å². The van der Waals surface area contributed by atoms with E-state index in [1.54, 1.807) is 6.92 Å². The molecule has 1 aliphatic carbocycles. The number of carboxylic acids is 1. The second-order valence-corrected chi connectivity index (χ2v) is 4.79. The highest BCUT2D eigenvalue weighted by Gasteiger charge is 2.41. The normalized spacial score (nSPS) is 20.6. The van der Waals surface area contributed by atoms with Crippen LogP contribution in [-0.2, 0) is 14.3 Å². The van der Waals surface area contributed by atoms with E-state index in [-0.39, 0.29) is 11.8 Å². The van der Waals surface area contributed by atoms with Gasteiger partial charge in [-0.15, -0.1) is 0 Å². The zero-order valence-electron chi connectivity index (χ0n) is 10.5. The highest BCUT2D eigenvalue weighted by atomic mass is 16.5. The van der Waals surface area contributed by atoms with Crippen LogP contribution in [-0.4, -0.2) is 36.2 Å². The third-order valence-electron chi connectivity index (χ3n) is 3.34. The maximum atomic E-state index is 11.9. The molecule has 0 aromatic heterocycles. The maximum Gasteiger partial charge on any atom is 0.329 e. The predicted molar refractivity (Wildman–Crippen MR) is 62.6 cm³/mol. The Morgan fingerprint density at radius 3 is 2.41 bits per heavy atom. The number of amides is 1. The second kappa shape index (κ2) is 6.00. The summed E-state index contributed by atoms with van der Waals surface area (Å²) in [5, 5.41) is 12.0. The molecule has 0 radical (unpaired) electrons. The Kier molecular flexibility index (Phi) is 4.93. The van der Waals surface area contributed by atoms with Gasteiger partial charge in [-0.05, 0) is 12.8 Å². The summed E-state index contributed by atoms with van der Waals surface area (Å²) in [4.78, 5) is 23.2. The molecule has 1 amide bonds. The predicted octanol–water partition coefficient (Wildman–Crippen LogP) is 1.17. The Morgan fingerprint density at radius 1 is 1.35 bits per heavy atom. The fourth-order valence-electron chi connectivity index (χ4n) is 2.23. The number of nitrogens with one attached hydrogen (secondary N) is 1. The van der Waals surface area contributed by atoms with Gasteiger partial charge in [-0.25, -0.2) is 4.79 Å². The fourth-order valence-corrected chi connectivity index (χ4v) is 2.23. The van der Waals surface area contributed by atoms with E-state index in [0.29, 0.717) is 19.4 Å². The number of ether oxygens (including phenoxy) is 1. The lowest BCUT2D eigenvalue weighted by atomic mass is 9.81. The van der Waals surface area contributed by atoms with E-state index in [2.05, 4.69) is 5.32 Å². The summed E-state index contributed by atoms with van der Waals surface area (Å²) in [6.07, 6.45) is 3.79. The number of rotatable bonds is 5. The molecule has 2 N–H and O–H groups in total. The van der Waals surface area contributed by atoms with Gasteiger partial charge in [0.25, 0.3) is 0 Å². The molecule has 0 aromatic rings. The van der Waals surface area contributed by atoms with E-state index in [0.717, 1.165) is 19.3 Å². The molecule has 1 unspecified atom stereocenters. The van der Waals surface area contributed by atoms with E-state index >= 15 is 0 Å². The van der Waals surface area contributed by atoms with E-state index in [1.807, 2.05) is 0 Å². The summed E-state index contributed by atoms with van der Waals surface area (Å²) in [6.45, 7) is 2.04. The van der Waals surface area contributed by atoms with Gasteiger partial charge < -0.3 is 15.2 Å². The molecular weight excluding hydrogens is 222 g/mol. The van der Waals surface area contributed by atoms with E-state index in [9.17, 15) is 14.7 Å². The minimum Gasteiger partial charge on any atom is -0.480 e. The third kappa shape index (κ3) is 3.43. The molecule has 98 valence electrons. The van der Waals surface area contributed by atoms with Crippen LogP contribution in [0.3, 0.4) is 0 Å². The minimum absolute atomic E-state index is 0.240. The topological polar surface area (TPSA) is 75.6 Å². The monoisotopic (exact) mass is 243 g/mol. The summed E-state index contributed by atoms with van der Waals surface area (Å²) >= 11 is 0. The van der Waals surface area contributed by atoms with Crippen molar-refractivity contribution in [1.82, 2.24) is 5.32 Å². The van der Waals surface area contributed by atoms with Gasteiger partial charge in [0.15, 0.2) is 0 Å². The number of hydrogen-bond donors (Lipinski definition) is 2. The molecule has 1 rings (SSSR count). The number of methoxy groups -OCH3 is 1. The molecule has 5 nitrogen and oxygen atoms in total. The number of carbonyl (C=O) groups is 2. The van der Waals surface area contributed by atoms with Crippen molar-refractivity contribution in [2.75, 3.05) is 13.7 Å². The lowest BCUT2D eigenvalue weighted by Gasteiger charge is -2.34. The summed E-state index contributed by atoms with van der Waals surface area (Å²) in [5.41, 5.74) is -1.06. The van der Waals surface area contributed by atoms with Crippen molar-refractivity contribution in [3.8, 4) is 0 Å². The van der Waals surface area contributed by atoms with Gasteiger partial charge in [-0.2, -0.15) is 0 Å². The van der Waals surface area contributed by atoms with Crippen molar-refractivity contribution in [2.45, 2.75) is 44.6 Å². The molecule has 0 aromatic carbocycles. The lowest BCUT2D eigenvalue weighted by Crippen LogP contribution is -2.57. The van der Waals surface area contributed by atoms with Crippen LogP contribution in [0.5, 0.6) is 0 Å². The molecule has 5 heteroatoms. The van der Waals surface area contributed by atoms with E-state index < -0.39 is 11.5 Å². The van der Waals surface area contributed by atoms with Gasteiger partial charge in [0.2, 0.25) is 5.91 Å². The number of aliphatic carboxylic acids is 1. The molecule has 17 heavy (non-hydrogen) atoms. The zero-order chi connectivity index (χ0) is 12.9. The molecule has 0 spiro atoms. The zero-order valence-corrected chi connectivity index (χ0v) is 10.5. The van der Waals surface area contributed by atoms with Gasteiger partial charge in [-0.1, -0.05) is 26.2 Å². The molecule has 1 fully saturated rings. The molecule has 0 saturated heterocycles. The first-order valence-electron chi connectivity index (χ1n) is 6.06. The van der Waals surface area contributed by atoms with Crippen molar-refractivity contribution in [2.24, 2.45) is 5.92 Å². The second-order valence-electron chi connectivity index (χ2n) is 4.79. The SMILES string of the molecule is COCC(C)C(=O)NC1(C(=O)O)CCCCC1. The van der Waals surface area contributed by atoms with Crippen LogP contribution in [0.4, 0.5) is 0 Å². The Bertz CT molecular complexity index is 284. The Balaban J connectivity index is 2.66. The highest BCUT2D eigenvalue weighted by Crippen LogP contribution is 2.28. The summed E-state index contributed by atoms with van der Waals surface area (Å²) in [7, 11) is 1.53. The summed E-state index contributed by atoms with van der Waals surface area (Å²) in [5.74, 6) is -1.48. The maximum absolute atomic E-state index is 11.9. The Hall–Kier alpha value is -1.10. The number of carbonyl (C=O) groups excluding carboxylic acids is 1. The van der Waals surface area contributed by atoms with Gasteiger partial charge in [0, 0.05) is 7.11 Å². The summed E-state index contributed by atoms with van der Waals surface area (Å²) < 4.78 is 4.90. The van der Waals surface area contributed by atoms with E-state index in [1.165, 1.54) is 7.11 Å². The highest BCUT2D eigenvalue weighted by molar-refractivity contribution is 5.88. The van der Waals surface area contributed by atoms with Crippen LogP contribution in [0, 0.1) is 5.92 Å². The molecule has 1 saturated carbocycles. The molecular formula is C12H21NO4. The smallest absolute Gasteiger partial charge is 0.329 e. The summed E-state index contributed by atoms with van der Waals surface area (Å²) in [6, 6.07) is 0. The van der Waals surface area contributed by atoms with Crippen molar-refractivity contribution in [3.63, 3.8) is 0 Å². The lowest BCUT2D eigenvalue weighted by molar-refractivity contribution is -0.150. The minimum atomic E-state index is -1.06. The average Bonchev–Trinajstić information content (AvgIpc) is 2.30. The first-order valence-corrected chi connectivity index (χ1v) is 6.06. The largest absolute Gasteiger partial charge is 0.480 e. The molecule has 0 heterocycles. The van der Waals surface area contributed by atoms with E-state index in [4.69, 9.17) is 4.74 Å². The standard InChI is InChI=1S/C12H21NO4/c1-9(8-17-2)10(14)13-12(11(15)16)6-4-3-5-7-12/h9H,3-8H2,1-2H3,(H,13,14)(H,15,16). The van der Waals surface area contributed by atoms with Crippen molar-refractivity contribution in [1.29, 1.82) is 0 Å². The molecule has 0 aliphatic heterocycles. The molecule has 1 aliphatic rings. The first-order chi connectivity index (χ1) is 8.02. The van der Waals surface area contributed by atoms with Crippen LogP contribution in [0.2, 0.25) is 0 Å². The Morgan fingerprint density at radius 2 is 1.94 bits per heavy atom. The van der Waals surface area contributed by atoms with Crippen LogP contribution in [0.15, 0.2) is 0 Å². The van der Waals surface area contributed by atoms with Crippen LogP contribution in [0.1, 0.15) is 39.0 Å². The first kappa shape index (κ1) is 14.0. The quantitative estimate of drug-likeness (QED) is 0.760. The van der Waals surface area contributed by atoms with Crippen molar-refractivity contribution >= 4 is 11.9 Å². The number of hydrogen-bond acceptors (Lipinski definition) is 3. The van der Waals surface area contributed by atoms with Gasteiger partial charge in [0.05, 0.1) is 12.5 Å². The van der Waals surface area contributed by atoms with Crippen LogP contribution < -0.4 is 5.32 Å². The Labute approximate surface area is 102 Å².